The van der Waals surface area contributed by atoms with Crippen molar-refractivity contribution in [1.82, 2.24) is 5.32 Å². The van der Waals surface area contributed by atoms with Crippen LogP contribution < -0.4 is 10.0 Å². The first-order valence-corrected chi connectivity index (χ1v) is 8.57. The van der Waals surface area contributed by atoms with Gasteiger partial charge in [0.05, 0.1) is 18.5 Å². The molecule has 112 valence electrons. The van der Waals surface area contributed by atoms with Gasteiger partial charge in [-0.15, -0.1) is 12.4 Å². The summed E-state index contributed by atoms with van der Waals surface area (Å²) >= 11 is 3.46. The zero-order chi connectivity index (χ0) is 14.0. The Kier molecular flexibility index (Phi) is 5.85. The van der Waals surface area contributed by atoms with Crippen LogP contribution >= 0.6 is 28.3 Å². The zero-order valence-electron chi connectivity index (χ0n) is 11.2. The second-order valence-electron chi connectivity index (χ2n) is 4.56. The number of amidine groups is 1. The summed E-state index contributed by atoms with van der Waals surface area (Å²) in [6, 6.07) is 3.84. The van der Waals surface area contributed by atoms with Crippen molar-refractivity contribution in [2.75, 3.05) is 24.1 Å². The maximum atomic E-state index is 11.4. The molecular weight excluding hydrogens is 366 g/mol. The van der Waals surface area contributed by atoms with E-state index >= 15 is 0 Å². The van der Waals surface area contributed by atoms with E-state index < -0.39 is 10.0 Å². The van der Waals surface area contributed by atoms with Crippen LogP contribution in [0.1, 0.15) is 11.1 Å². The summed E-state index contributed by atoms with van der Waals surface area (Å²) in [6.07, 6.45) is 1.83. The standard InChI is InChI=1S/C12H16BrN3O2S.ClH/c1-8-10(13)5-9(7-12-14-3-4-15-12)6-11(8)16-19(2,17)18;/h5-6,16H,3-4,7H2,1-2H3,(H,14,15);1H. The number of rotatable bonds is 4. The first-order valence-electron chi connectivity index (χ1n) is 5.89. The minimum Gasteiger partial charge on any atom is -0.372 e. The summed E-state index contributed by atoms with van der Waals surface area (Å²) in [4.78, 5) is 4.34. The average molecular weight is 383 g/mol. The number of sulfonamides is 1. The third kappa shape index (κ3) is 4.64. The van der Waals surface area contributed by atoms with Crippen LogP contribution in [0.4, 0.5) is 5.69 Å². The van der Waals surface area contributed by atoms with Gasteiger partial charge in [-0.05, 0) is 30.2 Å². The van der Waals surface area contributed by atoms with Crippen LogP contribution in [0, 0.1) is 6.92 Å². The second kappa shape index (κ2) is 6.78. The monoisotopic (exact) mass is 381 g/mol. The molecule has 1 aromatic carbocycles. The van der Waals surface area contributed by atoms with Crippen molar-refractivity contribution in [2.24, 2.45) is 4.99 Å². The summed E-state index contributed by atoms with van der Waals surface area (Å²) in [5.74, 6) is 0.945. The highest BCUT2D eigenvalue weighted by atomic mass is 79.9. The summed E-state index contributed by atoms with van der Waals surface area (Å²) in [7, 11) is -3.28. The maximum Gasteiger partial charge on any atom is 0.229 e. The highest BCUT2D eigenvalue weighted by Crippen LogP contribution is 2.27. The van der Waals surface area contributed by atoms with Crippen molar-refractivity contribution < 1.29 is 8.42 Å². The maximum absolute atomic E-state index is 11.4. The number of hydrogen-bond donors (Lipinski definition) is 2. The normalized spacial score (nSPS) is 14.2. The van der Waals surface area contributed by atoms with Gasteiger partial charge in [-0.25, -0.2) is 8.42 Å². The van der Waals surface area contributed by atoms with E-state index in [1.807, 2.05) is 19.1 Å². The lowest BCUT2D eigenvalue weighted by molar-refractivity contribution is 0.607. The average Bonchev–Trinajstić information content (AvgIpc) is 2.76. The van der Waals surface area contributed by atoms with Gasteiger partial charge >= 0.3 is 0 Å². The van der Waals surface area contributed by atoms with E-state index in [-0.39, 0.29) is 12.4 Å². The summed E-state index contributed by atoms with van der Waals surface area (Å²) in [5.41, 5.74) is 2.48. The molecule has 0 amide bonds. The molecule has 0 saturated heterocycles. The predicted molar refractivity (Wildman–Crippen MR) is 88.6 cm³/mol. The Labute approximate surface area is 133 Å². The van der Waals surface area contributed by atoms with Crippen molar-refractivity contribution in [3.8, 4) is 0 Å². The van der Waals surface area contributed by atoms with Gasteiger partial charge < -0.3 is 5.32 Å². The molecule has 0 unspecified atom stereocenters. The van der Waals surface area contributed by atoms with Crippen LogP contribution in [0.5, 0.6) is 0 Å². The smallest absolute Gasteiger partial charge is 0.229 e. The molecule has 1 aliphatic rings. The van der Waals surface area contributed by atoms with Gasteiger partial charge in [0.25, 0.3) is 0 Å². The fraction of sp³-hybridized carbons (Fsp3) is 0.417. The lowest BCUT2D eigenvalue weighted by Crippen LogP contribution is -2.20. The van der Waals surface area contributed by atoms with Crippen LogP contribution in [-0.4, -0.2) is 33.6 Å². The predicted octanol–water partition coefficient (Wildman–Crippen LogP) is 2.10. The zero-order valence-corrected chi connectivity index (χ0v) is 14.5. The van der Waals surface area contributed by atoms with Gasteiger partial charge in [0.2, 0.25) is 10.0 Å². The third-order valence-electron chi connectivity index (χ3n) is 2.81. The molecule has 2 N–H and O–H groups in total. The van der Waals surface area contributed by atoms with Gasteiger partial charge in [0.1, 0.15) is 5.84 Å². The Balaban J connectivity index is 0.00000200. The minimum absolute atomic E-state index is 0. The molecule has 0 aromatic heterocycles. The molecule has 1 heterocycles. The Hall–Kier alpha value is -0.790. The van der Waals surface area contributed by atoms with E-state index in [0.29, 0.717) is 12.1 Å². The number of hydrogen-bond acceptors (Lipinski definition) is 4. The molecule has 1 aliphatic heterocycles. The number of benzene rings is 1. The SMILES string of the molecule is Cc1c(Br)cc(CC2=NCCN2)cc1NS(C)(=O)=O.Cl. The molecular formula is C12H17BrClN3O2S. The number of halogens is 2. The van der Waals surface area contributed by atoms with Crippen molar-refractivity contribution in [3.05, 3.63) is 27.7 Å². The van der Waals surface area contributed by atoms with E-state index in [1.165, 1.54) is 0 Å². The first kappa shape index (κ1) is 17.3. The van der Waals surface area contributed by atoms with Crippen LogP contribution in [0.25, 0.3) is 0 Å². The summed E-state index contributed by atoms with van der Waals surface area (Å²) < 4.78 is 26.1. The molecule has 0 spiro atoms. The third-order valence-corrected chi connectivity index (χ3v) is 4.23. The number of anilines is 1. The number of nitrogens with one attached hydrogen (secondary N) is 2. The molecule has 0 atom stereocenters. The molecule has 5 nitrogen and oxygen atoms in total. The molecule has 0 bridgehead atoms. The Morgan fingerprint density at radius 1 is 1.45 bits per heavy atom. The Morgan fingerprint density at radius 3 is 2.70 bits per heavy atom. The second-order valence-corrected chi connectivity index (χ2v) is 7.16. The van der Waals surface area contributed by atoms with Crippen LogP contribution in [0.15, 0.2) is 21.6 Å². The van der Waals surface area contributed by atoms with Gasteiger partial charge in [-0.1, -0.05) is 15.9 Å². The minimum atomic E-state index is -3.28. The largest absolute Gasteiger partial charge is 0.372 e. The molecule has 8 heteroatoms. The van der Waals surface area contributed by atoms with E-state index in [9.17, 15) is 8.42 Å². The summed E-state index contributed by atoms with van der Waals surface area (Å²) in [6.45, 7) is 3.54. The first-order chi connectivity index (χ1) is 8.85. The molecule has 0 saturated carbocycles. The molecule has 0 fully saturated rings. The van der Waals surface area contributed by atoms with Crippen molar-refractivity contribution >= 4 is 49.9 Å². The van der Waals surface area contributed by atoms with Crippen LogP contribution in [-0.2, 0) is 16.4 Å². The van der Waals surface area contributed by atoms with E-state index in [0.717, 1.165) is 40.8 Å². The van der Waals surface area contributed by atoms with Gasteiger partial charge in [0, 0.05) is 17.4 Å². The Bertz CT molecular complexity index is 632. The topological polar surface area (TPSA) is 70.6 Å². The fourth-order valence-electron chi connectivity index (χ4n) is 1.90. The van der Waals surface area contributed by atoms with Gasteiger partial charge in [-0.3, -0.25) is 9.71 Å². The molecule has 0 aliphatic carbocycles. The molecule has 2 rings (SSSR count). The lowest BCUT2D eigenvalue weighted by Gasteiger charge is -2.12. The van der Waals surface area contributed by atoms with Crippen molar-refractivity contribution in [1.29, 1.82) is 0 Å². The van der Waals surface area contributed by atoms with E-state index in [4.69, 9.17) is 0 Å². The summed E-state index contributed by atoms with van der Waals surface area (Å²) in [5, 5.41) is 3.20. The van der Waals surface area contributed by atoms with Crippen molar-refractivity contribution in [3.63, 3.8) is 0 Å². The molecule has 1 aromatic rings. The number of aliphatic imine (C=N–C) groups is 1. The van der Waals surface area contributed by atoms with E-state index in [2.05, 4.69) is 31.0 Å². The van der Waals surface area contributed by atoms with Crippen LogP contribution in [0.3, 0.4) is 0 Å². The van der Waals surface area contributed by atoms with E-state index in [1.54, 1.807) is 0 Å². The fourth-order valence-corrected chi connectivity index (χ4v) is 3.02. The quantitative estimate of drug-likeness (QED) is 0.838. The van der Waals surface area contributed by atoms with Crippen molar-refractivity contribution in [2.45, 2.75) is 13.3 Å². The van der Waals surface area contributed by atoms with Gasteiger partial charge in [-0.2, -0.15) is 0 Å². The highest BCUT2D eigenvalue weighted by molar-refractivity contribution is 9.10. The Morgan fingerprint density at radius 2 is 2.15 bits per heavy atom. The molecule has 20 heavy (non-hydrogen) atoms. The highest BCUT2D eigenvalue weighted by Gasteiger charge is 2.12. The van der Waals surface area contributed by atoms with Crippen LogP contribution in [0.2, 0.25) is 0 Å². The number of nitrogens with zero attached hydrogens (tertiary/aromatic N) is 1. The van der Waals surface area contributed by atoms with Gasteiger partial charge in [0.15, 0.2) is 0 Å². The molecule has 0 radical (unpaired) electrons. The lowest BCUT2D eigenvalue weighted by atomic mass is 10.1.